The maximum absolute atomic E-state index is 2.50. The van der Waals surface area contributed by atoms with Crippen molar-refractivity contribution >= 4 is 0 Å². The number of unbranched alkanes of at least 4 members (excludes halogenated alkanes) is 1. The lowest BCUT2D eigenvalue weighted by Gasteiger charge is -2.26. The minimum absolute atomic E-state index is 0.750. The first kappa shape index (κ1) is 15.0. The van der Waals surface area contributed by atoms with Crippen molar-refractivity contribution in [2.75, 3.05) is 13.6 Å². The van der Waals surface area contributed by atoms with Gasteiger partial charge in [0, 0.05) is 12.6 Å². The van der Waals surface area contributed by atoms with Gasteiger partial charge in [-0.2, -0.15) is 0 Å². The Balaban J connectivity index is 3.51. The van der Waals surface area contributed by atoms with E-state index in [1.807, 2.05) is 0 Å². The van der Waals surface area contributed by atoms with Crippen molar-refractivity contribution in [3.63, 3.8) is 0 Å². The van der Waals surface area contributed by atoms with Crippen molar-refractivity contribution < 1.29 is 0 Å². The van der Waals surface area contributed by atoms with E-state index in [4.69, 9.17) is 0 Å². The van der Waals surface area contributed by atoms with E-state index in [2.05, 4.69) is 46.6 Å². The first-order chi connectivity index (χ1) is 6.93. The molecule has 0 aromatic rings. The van der Waals surface area contributed by atoms with Crippen molar-refractivity contribution in [1.29, 1.82) is 0 Å². The van der Waals surface area contributed by atoms with E-state index in [1.165, 1.54) is 32.2 Å². The maximum Gasteiger partial charge on any atom is 0.00639 e. The maximum atomic E-state index is 2.50. The van der Waals surface area contributed by atoms with E-state index in [1.54, 1.807) is 0 Å². The van der Waals surface area contributed by atoms with Gasteiger partial charge in [0.05, 0.1) is 0 Å². The molecular weight excluding hydrogens is 182 g/mol. The quantitative estimate of drug-likeness (QED) is 0.547. The number of nitrogens with zero attached hydrogens (tertiary/aromatic N) is 1. The van der Waals surface area contributed by atoms with Crippen molar-refractivity contribution in [3.05, 3.63) is 0 Å². The van der Waals surface area contributed by atoms with Gasteiger partial charge in [0.15, 0.2) is 0 Å². The summed E-state index contributed by atoms with van der Waals surface area (Å²) in [6.07, 6.45) is 5.54. The molecule has 0 saturated carbocycles. The average molecular weight is 213 g/mol. The third-order valence-corrected chi connectivity index (χ3v) is 3.06. The van der Waals surface area contributed by atoms with Gasteiger partial charge in [-0.3, -0.25) is 0 Å². The smallest absolute Gasteiger partial charge is 0.00639 e. The van der Waals surface area contributed by atoms with Crippen LogP contribution in [-0.4, -0.2) is 24.5 Å². The molecule has 0 fully saturated rings. The first-order valence-electron chi connectivity index (χ1n) is 6.63. The molecule has 1 unspecified atom stereocenters. The molecule has 1 nitrogen and oxygen atoms in total. The van der Waals surface area contributed by atoms with Crippen LogP contribution < -0.4 is 0 Å². The lowest BCUT2D eigenvalue weighted by Crippen LogP contribution is -2.32. The van der Waals surface area contributed by atoms with Crippen LogP contribution in [0.1, 0.15) is 60.3 Å². The summed E-state index contributed by atoms with van der Waals surface area (Å²) in [5.74, 6) is 1.65. The Bertz CT molecular complexity index is 140. The highest BCUT2D eigenvalue weighted by molar-refractivity contribution is 4.65. The van der Waals surface area contributed by atoms with Crippen LogP contribution in [0.15, 0.2) is 0 Å². The fourth-order valence-electron chi connectivity index (χ4n) is 1.97. The Kier molecular flexibility index (Phi) is 8.13. The van der Waals surface area contributed by atoms with E-state index in [0.717, 1.165) is 17.9 Å². The third-order valence-electron chi connectivity index (χ3n) is 3.06. The van der Waals surface area contributed by atoms with Gasteiger partial charge in [-0.1, -0.05) is 47.0 Å². The summed E-state index contributed by atoms with van der Waals surface area (Å²) >= 11 is 0. The van der Waals surface area contributed by atoms with Gasteiger partial charge in [-0.15, -0.1) is 0 Å². The largest absolute Gasteiger partial charge is 0.303 e. The molecule has 0 spiro atoms. The Hall–Kier alpha value is -0.0400. The lowest BCUT2D eigenvalue weighted by atomic mass is 10.0. The van der Waals surface area contributed by atoms with E-state index >= 15 is 0 Å². The fourth-order valence-corrected chi connectivity index (χ4v) is 1.97. The van der Waals surface area contributed by atoms with Gasteiger partial charge in [0.2, 0.25) is 0 Å². The monoisotopic (exact) mass is 213 g/mol. The van der Waals surface area contributed by atoms with Crippen molar-refractivity contribution in [1.82, 2.24) is 4.90 Å². The van der Waals surface area contributed by atoms with E-state index < -0.39 is 0 Å². The highest BCUT2D eigenvalue weighted by Gasteiger charge is 2.09. The molecular formula is C14H31N. The zero-order valence-corrected chi connectivity index (χ0v) is 11.7. The molecule has 0 heterocycles. The molecule has 0 N–H and O–H groups in total. The van der Waals surface area contributed by atoms with Gasteiger partial charge in [0.1, 0.15) is 0 Å². The number of rotatable bonds is 8. The second-order valence-corrected chi connectivity index (χ2v) is 5.86. The van der Waals surface area contributed by atoms with E-state index in [9.17, 15) is 0 Å². The topological polar surface area (TPSA) is 3.24 Å². The molecule has 0 radical (unpaired) electrons. The highest BCUT2D eigenvalue weighted by atomic mass is 15.1. The van der Waals surface area contributed by atoms with Gasteiger partial charge in [-0.05, 0) is 32.2 Å². The van der Waals surface area contributed by atoms with Gasteiger partial charge >= 0.3 is 0 Å². The molecule has 0 aromatic carbocycles. The second-order valence-electron chi connectivity index (χ2n) is 5.86. The Morgan fingerprint density at radius 1 is 0.800 bits per heavy atom. The third kappa shape index (κ3) is 8.92. The average Bonchev–Trinajstić information content (AvgIpc) is 2.10. The Labute approximate surface area is 97.2 Å². The minimum atomic E-state index is 0.750. The van der Waals surface area contributed by atoms with Gasteiger partial charge in [0.25, 0.3) is 0 Å². The van der Waals surface area contributed by atoms with Gasteiger partial charge in [-0.25, -0.2) is 0 Å². The summed E-state index contributed by atoms with van der Waals surface area (Å²) in [4.78, 5) is 2.50. The van der Waals surface area contributed by atoms with Crippen molar-refractivity contribution in [2.24, 2.45) is 11.8 Å². The summed E-state index contributed by atoms with van der Waals surface area (Å²) in [7, 11) is 2.26. The van der Waals surface area contributed by atoms with E-state index in [0.29, 0.717) is 0 Å². The summed E-state index contributed by atoms with van der Waals surface area (Å²) in [5, 5.41) is 0. The normalized spacial score (nSPS) is 14.2. The Morgan fingerprint density at radius 2 is 1.33 bits per heavy atom. The molecule has 92 valence electrons. The number of hydrogen-bond donors (Lipinski definition) is 0. The van der Waals surface area contributed by atoms with Crippen LogP contribution >= 0.6 is 0 Å². The van der Waals surface area contributed by atoms with Crippen LogP contribution in [0.4, 0.5) is 0 Å². The van der Waals surface area contributed by atoms with E-state index in [-0.39, 0.29) is 0 Å². The second kappa shape index (κ2) is 8.15. The standard InChI is InChI=1S/C14H31N/c1-12(2)9-7-8-10-14(5)15(6)11-13(3)4/h12-14H,7-11H2,1-6H3. The van der Waals surface area contributed by atoms with Crippen LogP contribution in [-0.2, 0) is 0 Å². The zero-order valence-electron chi connectivity index (χ0n) is 11.7. The zero-order chi connectivity index (χ0) is 11.8. The predicted octanol–water partition coefficient (Wildman–Crippen LogP) is 4.18. The highest BCUT2D eigenvalue weighted by Crippen LogP contribution is 2.12. The molecule has 0 aliphatic heterocycles. The molecule has 0 bridgehead atoms. The molecule has 1 atom stereocenters. The summed E-state index contributed by atoms with van der Waals surface area (Å²) in [5.41, 5.74) is 0. The molecule has 1 heteroatoms. The fraction of sp³-hybridized carbons (Fsp3) is 1.00. The molecule has 15 heavy (non-hydrogen) atoms. The van der Waals surface area contributed by atoms with Crippen molar-refractivity contribution in [3.8, 4) is 0 Å². The van der Waals surface area contributed by atoms with Crippen molar-refractivity contribution in [2.45, 2.75) is 66.3 Å². The predicted molar refractivity (Wildman–Crippen MR) is 70.2 cm³/mol. The van der Waals surface area contributed by atoms with Crippen LogP contribution in [0, 0.1) is 11.8 Å². The van der Waals surface area contributed by atoms with Crippen LogP contribution in [0.3, 0.4) is 0 Å². The minimum Gasteiger partial charge on any atom is -0.303 e. The molecule has 0 aliphatic rings. The Morgan fingerprint density at radius 3 is 1.80 bits per heavy atom. The summed E-state index contributed by atoms with van der Waals surface area (Å²) in [6.45, 7) is 12.8. The molecule has 0 aromatic heterocycles. The van der Waals surface area contributed by atoms with Crippen LogP contribution in [0.25, 0.3) is 0 Å². The van der Waals surface area contributed by atoms with Crippen LogP contribution in [0.5, 0.6) is 0 Å². The summed E-state index contributed by atoms with van der Waals surface area (Å²) < 4.78 is 0. The molecule has 0 aliphatic carbocycles. The SMILES string of the molecule is CC(C)CCCCC(C)N(C)CC(C)C. The van der Waals surface area contributed by atoms with Gasteiger partial charge < -0.3 is 4.90 Å². The molecule has 0 amide bonds. The number of hydrogen-bond acceptors (Lipinski definition) is 1. The van der Waals surface area contributed by atoms with Crippen LogP contribution in [0.2, 0.25) is 0 Å². The first-order valence-corrected chi connectivity index (χ1v) is 6.63. The lowest BCUT2D eigenvalue weighted by molar-refractivity contribution is 0.216. The molecule has 0 rings (SSSR count). The summed E-state index contributed by atoms with van der Waals surface area (Å²) in [6, 6.07) is 0.750. The molecule has 0 saturated heterocycles.